The van der Waals surface area contributed by atoms with Gasteiger partial charge in [-0.25, -0.2) is 13.1 Å². The molecule has 1 heterocycles. The predicted octanol–water partition coefficient (Wildman–Crippen LogP) is -1.21. The summed E-state index contributed by atoms with van der Waals surface area (Å²) >= 11 is 0. The summed E-state index contributed by atoms with van der Waals surface area (Å²) in [5, 5.41) is 0. The molecule has 1 aromatic carbocycles. The molecule has 0 bridgehead atoms. The van der Waals surface area contributed by atoms with Crippen molar-refractivity contribution in [1.29, 1.82) is 0 Å². The van der Waals surface area contributed by atoms with Gasteiger partial charge in [0.15, 0.2) is 0 Å². The van der Waals surface area contributed by atoms with Crippen molar-refractivity contribution >= 4 is 10.0 Å². The molecule has 5 nitrogen and oxygen atoms in total. The van der Waals surface area contributed by atoms with Crippen LogP contribution in [0.5, 0.6) is 0 Å². The fraction of sp³-hybridized carbons (Fsp3) is 0.600. The van der Waals surface area contributed by atoms with E-state index in [2.05, 4.69) is 11.8 Å². The summed E-state index contributed by atoms with van der Waals surface area (Å²) < 4.78 is 64.1. The minimum atomic E-state index is -4.47. The summed E-state index contributed by atoms with van der Waals surface area (Å²) in [6.45, 7) is 5.58. The highest BCUT2D eigenvalue weighted by Gasteiger charge is 2.30. The fourth-order valence-electron chi connectivity index (χ4n) is 2.73. The Kier molecular flexibility index (Phi) is 6.24. The summed E-state index contributed by atoms with van der Waals surface area (Å²) in [5.74, 6) is 0. The minimum absolute atomic E-state index is 0.147. The van der Waals surface area contributed by atoms with E-state index >= 15 is 0 Å². The van der Waals surface area contributed by atoms with Gasteiger partial charge in [-0.1, -0.05) is 0 Å². The maximum atomic E-state index is 12.5. The van der Waals surface area contributed by atoms with Gasteiger partial charge < -0.3 is 9.80 Å². The van der Waals surface area contributed by atoms with Crippen molar-refractivity contribution in [3.8, 4) is 0 Å². The van der Waals surface area contributed by atoms with Crippen molar-refractivity contribution in [1.82, 2.24) is 4.72 Å². The van der Waals surface area contributed by atoms with Crippen LogP contribution in [0.4, 0.5) is 13.2 Å². The Bertz CT molecular complexity index is 624. The van der Waals surface area contributed by atoms with Crippen molar-refractivity contribution in [2.75, 3.05) is 46.3 Å². The van der Waals surface area contributed by atoms with Gasteiger partial charge in [-0.15, -0.1) is 0 Å². The predicted molar refractivity (Wildman–Crippen MR) is 83.4 cm³/mol. The Labute approximate surface area is 140 Å². The zero-order chi connectivity index (χ0) is 17.8. The molecule has 1 saturated heterocycles. The lowest BCUT2D eigenvalue weighted by molar-refractivity contribution is -1.00. The minimum Gasteiger partial charge on any atom is -0.328 e. The smallest absolute Gasteiger partial charge is 0.328 e. The van der Waals surface area contributed by atoms with E-state index in [1.807, 2.05) is 0 Å². The molecule has 0 amide bonds. The molecule has 9 heteroatoms. The lowest BCUT2D eigenvalue weighted by Crippen LogP contribution is -3.27. The number of likely N-dealkylation sites (N-methyl/N-ethyl adjacent to an activating group) is 1. The molecule has 0 atom stereocenters. The maximum Gasteiger partial charge on any atom is 0.416 e. The largest absolute Gasteiger partial charge is 0.416 e. The molecule has 0 saturated carbocycles. The van der Waals surface area contributed by atoms with Gasteiger partial charge in [0.05, 0.1) is 24.1 Å². The molecular formula is C15H24F3N3O2S+2. The van der Waals surface area contributed by atoms with Crippen LogP contribution in [-0.4, -0.2) is 54.7 Å². The van der Waals surface area contributed by atoms with Crippen LogP contribution in [0, 0.1) is 0 Å². The molecular weight excluding hydrogens is 343 g/mol. The first-order valence-electron chi connectivity index (χ1n) is 8.00. The van der Waals surface area contributed by atoms with Crippen LogP contribution in [0.1, 0.15) is 12.0 Å². The molecule has 0 spiro atoms. The molecule has 24 heavy (non-hydrogen) atoms. The number of halogens is 3. The maximum absolute atomic E-state index is 12.5. The summed E-state index contributed by atoms with van der Waals surface area (Å²) in [6, 6.07) is 3.54. The van der Waals surface area contributed by atoms with E-state index < -0.39 is 21.8 Å². The number of quaternary nitrogens is 2. The van der Waals surface area contributed by atoms with Crippen LogP contribution in [-0.2, 0) is 16.2 Å². The molecule has 0 unspecified atom stereocenters. The van der Waals surface area contributed by atoms with Crippen molar-refractivity contribution in [2.45, 2.75) is 17.5 Å². The average Bonchev–Trinajstić information content (AvgIpc) is 2.52. The van der Waals surface area contributed by atoms with E-state index in [-0.39, 0.29) is 11.4 Å². The average molecular weight is 367 g/mol. The number of nitrogens with one attached hydrogen (secondary N) is 3. The van der Waals surface area contributed by atoms with Crippen LogP contribution in [0.2, 0.25) is 0 Å². The summed E-state index contributed by atoms with van der Waals surface area (Å²) in [5.41, 5.74) is -0.859. The number of benzene rings is 1. The zero-order valence-electron chi connectivity index (χ0n) is 13.6. The molecule has 1 aliphatic heterocycles. The number of rotatable bonds is 6. The first-order chi connectivity index (χ1) is 11.2. The van der Waals surface area contributed by atoms with Gasteiger partial charge in [0.1, 0.15) is 26.2 Å². The van der Waals surface area contributed by atoms with Gasteiger partial charge in [0.25, 0.3) is 0 Å². The van der Waals surface area contributed by atoms with Crippen molar-refractivity contribution in [3.05, 3.63) is 29.8 Å². The second-order valence-corrected chi connectivity index (χ2v) is 8.00. The Morgan fingerprint density at radius 2 is 1.67 bits per heavy atom. The van der Waals surface area contributed by atoms with Crippen LogP contribution in [0.15, 0.2) is 29.2 Å². The van der Waals surface area contributed by atoms with Crippen molar-refractivity contribution in [2.24, 2.45) is 0 Å². The topological polar surface area (TPSA) is 55.1 Å². The molecule has 0 aromatic heterocycles. The summed E-state index contributed by atoms with van der Waals surface area (Å²) in [7, 11) is -1.60. The van der Waals surface area contributed by atoms with E-state index in [0.717, 1.165) is 57.0 Å². The Morgan fingerprint density at radius 3 is 2.21 bits per heavy atom. The third-order valence-electron chi connectivity index (χ3n) is 4.30. The lowest BCUT2D eigenvalue weighted by Gasteiger charge is -2.27. The highest BCUT2D eigenvalue weighted by molar-refractivity contribution is 7.89. The first kappa shape index (κ1) is 19.2. The van der Waals surface area contributed by atoms with E-state index in [4.69, 9.17) is 0 Å². The van der Waals surface area contributed by atoms with Gasteiger partial charge in [-0.05, 0) is 24.3 Å². The van der Waals surface area contributed by atoms with E-state index in [9.17, 15) is 21.6 Å². The molecule has 0 aliphatic carbocycles. The van der Waals surface area contributed by atoms with Crippen molar-refractivity contribution < 1.29 is 31.4 Å². The van der Waals surface area contributed by atoms with Crippen LogP contribution < -0.4 is 14.5 Å². The standard InChI is InChI=1S/C15H22F3N3O2S/c1-20-9-11-21(12-10-20)8-2-7-19-24(22,23)14-5-3-13(4-6-14)15(16,17)18/h3-6,19H,2,7-12H2,1H3/p+2. The molecule has 136 valence electrons. The zero-order valence-corrected chi connectivity index (χ0v) is 14.4. The molecule has 0 radical (unpaired) electrons. The molecule has 2 rings (SSSR count). The number of alkyl halides is 3. The third kappa shape index (κ3) is 5.44. The Balaban J connectivity index is 1.81. The van der Waals surface area contributed by atoms with Crippen LogP contribution in [0.3, 0.4) is 0 Å². The second-order valence-electron chi connectivity index (χ2n) is 6.23. The van der Waals surface area contributed by atoms with Crippen molar-refractivity contribution in [3.63, 3.8) is 0 Å². The van der Waals surface area contributed by atoms with Gasteiger partial charge in [-0.2, -0.15) is 13.2 Å². The fourth-order valence-corrected chi connectivity index (χ4v) is 3.81. The van der Waals surface area contributed by atoms with Gasteiger partial charge in [-0.3, -0.25) is 0 Å². The molecule has 3 N–H and O–H groups in total. The highest BCUT2D eigenvalue weighted by Crippen LogP contribution is 2.29. The second kappa shape index (κ2) is 7.81. The molecule has 1 aromatic rings. The highest BCUT2D eigenvalue weighted by atomic mass is 32.2. The molecule has 1 aliphatic rings. The van der Waals surface area contributed by atoms with E-state index in [1.54, 1.807) is 0 Å². The van der Waals surface area contributed by atoms with Gasteiger partial charge in [0.2, 0.25) is 10.0 Å². The summed E-state index contributed by atoms with van der Waals surface area (Å²) in [6.07, 6.45) is -3.77. The Hall–Kier alpha value is -1.16. The van der Waals surface area contributed by atoms with E-state index in [1.165, 1.54) is 9.80 Å². The monoisotopic (exact) mass is 367 g/mol. The first-order valence-corrected chi connectivity index (χ1v) is 9.48. The van der Waals surface area contributed by atoms with E-state index in [0.29, 0.717) is 6.42 Å². The number of piperazine rings is 1. The third-order valence-corrected chi connectivity index (χ3v) is 5.78. The SMILES string of the molecule is C[NH+]1CC[NH+](CCCNS(=O)(=O)c2ccc(C(F)(F)F)cc2)CC1. The normalized spacial score (nSPS) is 22.5. The van der Waals surface area contributed by atoms with Gasteiger partial charge >= 0.3 is 6.18 Å². The quantitative estimate of drug-likeness (QED) is 0.553. The number of sulfonamides is 1. The number of hydrogen-bond acceptors (Lipinski definition) is 2. The van der Waals surface area contributed by atoms with Gasteiger partial charge in [0, 0.05) is 13.0 Å². The number of hydrogen-bond donors (Lipinski definition) is 3. The van der Waals surface area contributed by atoms with Crippen LogP contribution in [0.25, 0.3) is 0 Å². The van der Waals surface area contributed by atoms with Crippen LogP contribution >= 0.6 is 0 Å². The summed E-state index contributed by atoms with van der Waals surface area (Å²) in [4.78, 5) is 2.84. The Morgan fingerprint density at radius 1 is 1.08 bits per heavy atom. The lowest BCUT2D eigenvalue weighted by atomic mass is 10.2. The molecule has 1 fully saturated rings.